The van der Waals surface area contributed by atoms with Crippen LogP contribution >= 0.6 is 0 Å². The van der Waals surface area contributed by atoms with E-state index in [9.17, 15) is 9.59 Å². The van der Waals surface area contributed by atoms with E-state index in [2.05, 4.69) is 13.8 Å². The summed E-state index contributed by atoms with van der Waals surface area (Å²) < 4.78 is 5.85. The molecule has 0 aliphatic carbocycles. The lowest BCUT2D eigenvalue weighted by Gasteiger charge is -2.15. The fourth-order valence-electron chi connectivity index (χ4n) is 4.00. The van der Waals surface area contributed by atoms with Gasteiger partial charge in [-0.05, 0) is 48.7 Å². The van der Waals surface area contributed by atoms with Crippen LogP contribution in [-0.2, 0) is 11.3 Å². The molecule has 154 valence electrons. The van der Waals surface area contributed by atoms with E-state index in [0.29, 0.717) is 23.6 Å². The third-order valence-corrected chi connectivity index (χ3v) is 5.61. The van der Waals surface area contributed by atoms with Crippen LogP contribution in [-0.4, -0.2) is 34.8 Å². The number of fused-ring (bicyclic) bond motifs is 1. The average molecular weight is 410 g/mol. The zero-order valence-corrected chi connectivity index (χ0v) is 17.5. The van der Waals surface area contributed by atoms with Gasteiger partial charge in [-0.3, -0.25) is 14.5 Å². The van der Waals surface area contributed by atoms with E-state index in [-0.39, 0.29) is 23.9 Å². The second-order valence-corrected chi connectivity index (χ2v) is 8.50. The van der Waals surface area contributed by atoms with E-state index in [1.54, 1.807) is 24.3 Å². The first-order valence-corrected chi connectivity index (χ1v) is 10.3. The Labute approximate surface area is 181 Å². The molecule has 0 fully saturated rings. The number of nitrogens with zero attached hydrogens (tertiary/aromatic N) is 2. The van der Waals surface area contributed by atoms with Gasteiger partial charge in [0.15, 0.2) is 0 Å². The third kappa shape index (κ3) is 3.42. The van der Waals surface area contributed by atoms with E-state index in [1.165, 1.54) is 4.90 Å². The van der Waals surface area contributed by atoms with Crippen molar-refractivity contribution in [3.63, 3.8) is 0 Å². The summed E-state index contributed by atoms with van der Waals surface area (Å²) in [7, 11) is 0. The van der Waals surface area contributed by atoms with E-state index >= 15 is 0 Å². The predicted molar refractivity (Wildman–Crippen MR) is 119 cm³/mol. The molecule has 2 aliphatic heterocycles. The van der Waals surface area contributed by atoms with Crippen LogP contribution in [0, 0.1) is 0 Å². The first-order valence-electron chi connectivity index (χ1n) is 10.3. The molecular formula is C26H22N2O3. The summed E-state index contributed by atoms with van der Waals surface area (Å²) in [5.74, 6) is 0.179. The summed E-state index contributed by atoms with van der Waals surface area (Å²) in [6.45, 7) is 4.92. The second kappa shape index (κ2) is 7.20. The highest BCUT2D eigenvalue weighted by atomic mass is 16.5. The molecule has 0 atom stereocenters. The van der Waals surface area contributed by atoms with Crippen molar-refractivity contribution in [2.24, 2.45) is 4.99 Å². The molecule has 2 aliphatic rings. The summed E-state index contributed by atoms with van der Waals surface area (Å²) in [4.78, 5) is 31.3. The molecule has 3 aromatic carbocycles. The summed E-state index contributed by atoms with van der Waals surface area (Å²) in [6, 6.07) is 22.9. The summed E-state index contributed by atoms with van der Waals surface area (Å²) in [6.07, 6.45) is 0. The normalized spacial score (nSPS) is 16.8. The number of hydrogen-bond donors (Lipinski definition) is 0. The lowest BCUT2D eigenvalue weighted by molar-refractivity contribution is 0.0642. The van der Waals surface area contributed by atoms with Gasteiger partial charge in [0.25, 0.3) is 11.8 Å². The zero-order chi connectivity index (χ0) is 21.6. The molecule has 0 aromatic heterocycles. The Hall–Kier alpha value is -3.73. The number of benzene rings is 3. The number of ether oxygens (including phenoxy) is 1. The van der Waals surface area contributed by atoms with E-state index in [4.69, 9.17) is 9.73 Å². The Bertz CT molecular complexity index is 1190. The van der Waals surface area contributed by atoms with Crippen molar-refractivity contribution in [1.82, 2.24) is 4.90 Å². The van der Waals surface area contributed by atoms with Crippen molar-refractivity contribution in [2.45, 2.75) is 25.9 Å². The molecule has 5 rings (SSSR count). The zero-order valence-electron chi connectivity index (χ0n) is 17.5. The standard InChI is InChI=1S/C26H22N2O3/c1-26(2)16-31-23(27-26)20-8-4-3-7-19(20)18-13-11-17(12-14-18)15-28-24(29)21-9-5-6-10-22(21)25(28)30/h3-14H,15-16H2,1-2H3. The van der Waals surface area contributed by atoms with Gasteiger partial charge in [-0.25, -0.2) is 4.99 Å². The van der Waals surface area contributed by atoms with Gasteiger partial charge in [0.1, 0.15) is 6.61 Å². The van der Waals surface area contributed by atoms with Gasteiger partial charge in [-0.1, -0.05) is 54.6 Å². The summed E-state index contributed by atoms with van der Waals surface area (Å²) in [5.41, 5.74) is 4.63. The smallest absolute Gasteiger partial charge is 0.261 e. The van der Waals surface area contributed by atoms with Crippen LogP contribution in [0.3, 0.4) is 0 Å². The van der Waals surface area contributed by atoms with Gasteiger partial charge < -0.3 is 4.74 Å². The number of amides is 2. The molecule has 5 nitrogen and oxygen atoms in total. The van der Waals surface area contributed by atoms with Gasteiger partial charge >= 0.3 is 0 Å². The largest absolute Gasteiger partial charge is 0.475 e. The number of hydrogen-bond acceptors (Lipinski definition) is 4. The maximum atomic E-state index is 12.6. The highest BCUT2D eigenvalue weighted by molar-refractivity contribution is 6.21. The molecule has 0 radical (unpaired) electrons. The molecule has 0 saturated carbocycles. The topological polar surface area (TPSA) is 59.0 Å². The Morgan fingerprint density at radius 1 is 0.806 bits per heavy atom. The number of rotatable bonds is 4. The van der Waals surface area contributed by atoms with Crippen molar-refractivity contribution < 1.29 is 14.3 Å². The number of imide groups is 1. The van der Waals surface area contributed by atoms with E-state index in [1.807, 2.05) is 48.5 Å². The third-order valence-electron chi connectivity index (χ3n) is 5.61. The van der Waals surface area contributed by atoms with Crippen LogP contribution in [0.2, 0.25) is 0 Å². The van der Waals surface area contributed by atoms with Crippen LogP contribution in [0.1, 0.15) is 45.7 Å². The fraction of sp³-hybridized carbons (Fsp3) is 0.192. The minimum Gasteiger partial charge on any atom is -0.475 e. The number of carbonyl (C=O) groups excluding carboxylic acids is 2. The molecule has 2 amide bonds. The molecule has 0 bridgehead atoms. The fourth-order valence-corrected chi connectivity index (χ4v) is 4.00. The Morgan fingerprint density at radius 3 is 1.90 bits per heavy atom. The predicted octanol–water partition coefficient (Wildman–Crippen LogP) is 4.71. The second-order valence-electron chi connectivity index (χ2n) is 8.50. The lowest BCUT2D eigenvalue weighted by atomic mass is 9.98. The van der Waals surface area contributed by atoms with Gasteiger partial charge in [0.2, 0.25) is 5.90 Å². The first-order chi connectivity index (χ1) is 14.9. The van der Waals surface area contributed by atoms with Crippen LogP contribution in [0.4, 0.5) is 0 Å². The van der Waals surface area contributed by atoms with Gasteiger partial charge in [0.05, 0.1) is 23.2 Å². The van der Waals surface area contributed by atoms with Crippen molar-refractivity contribution in [3.8, 4) is 11.1 Å². The Balaban J connectivity index is 1.40. The highest BCUT2D eigenvalue weighted by Crippen LogP contribution is 2.30. The van der Waals surface area contributed by atoms with Gasteiger partial charge in [-0.15, -0.1) is 0 Å². The first kappa shape index (κ1) is 19.2. The quantitative estimate of drug-likeness (QED) is 0.586. The minimum absolute atomic E-state index is 0.224. The van der Waals surface area contributed by atoms with Crippen LogP contribution in [0.25, 0.3) is 11.1 Å². The minimum atomic E-state index is -0.242. The van der Waals surface area contributed by atoms with Gasteiger partial charge in [-0.2, -0.15) is 0 Å². The Morgan fingerprint density at radius 2 is 1.35 bits per heavy atom. The number of aliphatic imine (C=N–C) groups is 1. The van der Waals surface area contributed by atoms with Crippen LogP contribution in [0.5, 0.6) is 0 Å². The van der Waals surface area contributed by atoms with E-state index < -0.39 is 0 Å². The van der Waals surface area contributed by atoms with E-state index in [0.717, 1.165) is 22.3 Å². The van der Waals surface area contributed by atoms with Crippen molar-refractivity contribution in [2.75, 3.05) is 6.61 Å². The molecule has 0 saturated heterocycles. The monoisotopic (exact) mass is 410 g/mol. The summed E-state index contributed by atoms with van der Waals surface area (Å²) in [5, 5.41) is 0. The van der Waals surface area contributed by atoms with Crippen molar-refractivity contribution in [1.29, 1.82) is 0 Å². The molecular weight excluding hydrogens is 388 g/mol. The molecule has 2 heterocycles. The molecule has 0 N–H and O–H groups in total. The SMILES string of the molecule is CC1(C)COC(c2ccccc2-c2ccc(CN3C(=O)c4ccccc4C3=O)cc2)=N1. The molecule has 31 heavy (non-hydrogen) atoms. The van der Waals surface area contributed by atoms with Crippen LogP contribution in [0.15, 0.2) is 77.8 Å². The van der Waals surface area contributed by atoms with Crippen molar-refractivity contribution >= 4 is 17.7 Å². The molecule has 3 aromatic rings. The highest BCUT2D eigenvalue weighted by Gasteiger charge is 2.35. The van der Waals surface area contributed by atoms with Crippen molar-refractivity contribution in [3.05, 3.63) is 95.1 Å². The Kier molecular flexibility index (Phi) is 4.47. The maximum Gasteiger partial charge on any atom is 0.261 e. The molecule has 5 heteroatoms. The van der Waals surface area contributed by atoms with Gasteiger partial charge in [0, 0.05) is 5.56 Å². The number of carbonyl (C=O) groups is 2. The summed E-state index contributed by atoms with van der Waals surface area (Å²) >= 11 is 0. The average Bonchev–Trinajstić information content (AvgIpc) is 3.26. The molecule has 0 spiro atoms. The maximum absolute atomic E-state index is 12.6. The van der Waals surface area contributed by atoms with Crippen LogP contribution < -0.4 is 0 Å². The lowest BCUT2D eigenvalue weighted by Crippen LogP contribution is -2.29. The molecule has 0 unspecified atom stereocenters.